The first kappa shape index (κ1) is 19.1. The maximum atomic E-state index is 12.6. The van der Waals surface area contributed by atoms with Crippen molar-refractivity contribution in [2.75, 3.05) is 13.1 Å². The minimum Gasteiger partial charge on any atom is -0.297 e. The Morgan fingerprint density at radius 3 is 2.46 bits per heavy atom. The maximum absolute atomic E-state index is 12.6. The lowest BCUT2D eigenvalue weighted by molar-refractivity contribution is 0.324. The van der Waals surface area contributed by atoms with Crippen molar-refractivity contribution in [1.82, 2.24) is 9.62 Å². The van der Waals surface area contributed by atoms with Gasteiger partial charge >= 0.3 is 0 Å². The molecule has 140 valence electrons. The van der Waals surface area contributed by atoms with Crippen molar-refractivity contribution >= 4 is 10.0 Å². The predicted molar refractivity (Wildman–Crippen MR) is 105 cm³/mol. The Bertz CT molecular complexity index is 789. The van der Waals surface area contributed by atoms with E-state index in [0.717, 1.165) is 45.3 Å². The first-order valence-electron chi connectivity index (χ1n) is 9.44. The van der Waals surface area contributed by atoms with E-state index in [1.54, 1.807) is 12.1 Å². The summed E-state index contributed by atoms with van der Waals surface area (Å²) in [6.45, 7) is 4.69. The minimum absolute atomic E-state index is 0.0246. The fraction of sp³-hybridized carbons (Fsp3) is 0.429. The molecule has 26 heavy (non-hydrogen) atoms. The molecule has 0 bridgehead atoms. The minimum atomic E-state index is -3.45. The predicted octanol–water partition coefficient (Wildman–Crippen LogP) is 3.58. The van der Waals surface area contributed by atoms with E-state index in [2.05, 4.69) is 28.7 Å². The largest absolute Gasteiger partial charge is 0.297 e. The second-order valence-corrected chi connectivity index (χ2v) is 8.79. The van der Waals surface area contributed by atoms with Crippen molar-refractivity contribution in [2.45, 2.75) is 50.1 Å². The highest BCUT2D eigenvalue weighted by molar-refractivity contribution is 7.89. The van der Waals surface area contributed by atoms with Gasteiger partial charge in [0.2, 0.25) is 10.0 Å². The molecule has 5 heteroatoms. The van der Waals surface area contributed by atoms with Crippen LogP contribution in [-0.4, -0.2) is 32.4 Å². The van der Waals surface area contributed by atoms with Crippen molar-refractivity contribution in [3.05, 3.63) is 65.7 Å². The van der Waals surface area contributed by atoms with Crippen LogP contribution >= 0.6 is 0 Å². The van der Waals surface area contributed by atoms with Gasteiger partial charge in [0.05, 0.1) is 4.90 Å². The number of likely N-dealkylation sites (tertiary alicyclic amines) is 1. The van der Waals surface area contributed by atoms with Crippen LogP contribution < -0.4 is 4.72 Å². The van der Waals surface area contributed by atoms with E-state index in [0.29, 0.717) is 4.90 Å². The van der Waals surface area contributed by atoms with Crippen molar-refractivity contribution < 1.29 is 8.42 Å². The summed E-state index contributed by atoms with van der Waals surface area (Å²) in [5, 5.41) is 0. The fourth-order valence-electron chi connectivity index (χ4n) is 3.42. The molecule has 0 radical (unpaired) electrons. The standard InChI is InChI=1S/C21H28N2O2S/c1-2-3-7-18-10-12-21(13-11-18)26(24,25)22-20-14-15-23(17-20)16-19-8-5-4-6-9-19/h4-6,8-13,20,22H,2-3,7,14-17H2,1H3. The molecule has 0 aromatic heterocycles. The van der Waals surface area contributed by atoms with Gasteiger partial charge in [-0.3, -0.25) is 4.90 Å². The third kappa shape index (κ3) is 5.16. The summed E-state index contributed by atoms with van der Waals surface area (Å²) in [4.78, 5) is 2.66. The molecule has 0 spiro atoms. The molecule has 1 N–H and O–H groups in total. The van der Waals surface area contributed by atoms with Gasteiger partial charge in [-0.25, -0.2) is 13.1 Å². The molecule has 0 saturated carbocycles. The third-order valence-corrected chi connectivity index (χ3v) is 6.43. The van der Waals surface area contributed by atoms with Crippen LogP contribution in [-0.2, 0) is 23.0 Å². The van der Waals surface area contributed by atoms with Gasteiger partial charge in [-0.2, -0.15) is 0 Å². The average Bonchev–Trinajstić information content (AvgIpc) is 3.07. The van der Waals surface area contributed by atoms with E-state index in [4.69, 9.17) is 0 Å². The van der Waals surface area contributed by atoms with Crippen LogP contribution in [0.5, 0.6) is 0 Å². The highest BCUT2D eigenvalue weighted by Crippen LogP contribution is 2.17. The lowest BCUT2D eigenvalue weighted by atomic mass is 10.1. The highest BCUT2D eigenvalue weighted by atomic mass is 32.2. The van der Waals surface area contributed by atoms with Crippen LogP contribution in [0.3, 0.4) is 0 Å². The maximum Gasteiger partial charge on any atom is 0.240 e. The van der Waals surface area contributed by atoms with E-state index in [1.807, 2.05) is 30.3 Å². The Hall–Kier alpha value is -1.69. The molecule has 1 heterocycles. The zero-order chi connectivity index (χ0) is 18.4. The Morgan fingerprint density at radius 2 is 1.77 bits per heavy atom. The first-order chi connectivity index (χ1) is 12.6. The molecule has 2 aromatic carbocycles. The lowest BCUT2D eigenvalue weighted by Gasteiger charge is -2.17. The molecule has 1 fully saturated rings. The molecular formula is C21H28N2O2S. The topological polar surface area (TPSA) is 49.4 Å². The number of hydrogen-bond donors (Lipinski definition) is 1. The van der Waals surface area contributed by atoms with Crippen LogP contribution in [0.4, 0.5) is 0 Å². The van der Waals surface area contributed by atoms with Crippen LogP contribution in [0.25, 0.3) is 0 Å². The molecule has 1 aliphatic rings. The smallest absolute Gasteiger partial charge is 0.240 e. The molecule has 3 rings (SSSR count). The van der Waals surface area contributed by atoms with Crippen LogP contribution in [0.15, 0.2) is 59.5 Å². The summed E-state index contributed by atoms with van der Waals surface area (Å²) >= 11 is 0. The van der Waals surface area contributed by atoms with Crippen LogP contribution in [0, 0.1) is 0 Å². The number of unbranched alkanes of at least 4 members (excludes halogenated alkanes) is 1. The van der Waals surface area contributed by atoms with Gasteiger partial charge in [0, 0.05) is 25.7 Å². The van der Waals surface area contributed by atoms with Gasteiger partial charge < -0.3 is 0 Å². The summed E-state index contributed by atoms with van der Waals surface area (Å²) in [6.07, 6.45) is 4.12. The molecule has 1 aliphatic heterocycles. The fourth-order valence-corrected chi connectivity index (χ4v) is 4.68. The number of hydrogen-bond acceptors (Lipinski definition) is 3. The van der Waals surface area contributed by atoms with Crippen molar-refractivity contribution in [3.63, 3.8) is 0 Å². The summed E-state index contributed by atoms with van der Waals surface area (Å²) in [5.74, 6) is 0. The van der Waals surface area contributed by atoms with E-state index in [1.165, 1.54) is 11.1 Å². The van der Waals surface area contributed by atoms with Gasteiger partial charge in [-0.15, -0.1) is 0 Å². The molecule has 1 saturated heterocycles. The number of sulfonamides is 1. The van der Waals surface area contributed by atoms with Gasteiger partial charge in [0.25, 0.3) is 0 Å². The molecular weight excluding hydrogens is 344 g/mol. The van der Waals surface area contributed by atoms with Gasteiger partial charge in [-0.05, 0) is 42.5 Å². The average molecular weight is 373 g/mol. The number of rotatable bonds is 8. The Kier molecular flexibility index (Phi) is 6.46. The Morgan fingerprint density at radius 1 is 1.04 bits per heavy atom. The Labute approximate surface area is 157 Å². The summed E-state index contributed by atoms with van der Waals surface area (Å²) in [6, 6.07) is 17.6. The van der Waals surface area contributed by atoms with E-state index >= 15 is 0 Å². The van der Waals surface area contributed by atoms with E-state index < -0.39 is 10.0 Å². The molecule has 1 unspecified atom stereocenters. The Balaban J connectivity index is 1.56. The third-order valence-electron chi connectivity index (χ3n) is 4.90. The normalized spacial score (nSPS) is 18.3. The number of nitrogens with one attached hydrogen (secondary N) is 1. The lowest BCUT2D eigenvalue weighted by Crippen LogP contribution is -2.36. The zero-order valence-electron chi connectivity index (χ0n) is 15.4. The zero-order valence-corrected chi connectivity index (χ0v) is 16.2. The highest BCUT2D eigenvalue weighted by Gasteiger charge is 2.27. The number of benzene rings is 2. The second kappa shape index (κ2) is 8.80. The first-order valence-corrected chi connectivity index (χ1v) is 10.9. The van der Waals surface area contributed by atoms with Crippen molar-refractivity contribution in [2.24, 2.45) is 0 Å². The summed E-state index contributed by atoms with van der Waals surface area (Å²) in [7, 11) is -3.45. The SMILES string of the molecule is CCCCc1ccc(S(=O)(=O)NC2CCN(Cc3ccccc3)C2)cc1. The van der Waals surface area contributed by atoms with Crippen LogP contribution in [0.2, 0.25) is 0 Å². The van der Waals surface area contributed by atoms with Gasteiger partial charge in [0.15, 0.2) is 0 Å². The monoisotopic (exact) mass is 372 g/mol. The van der Waals surface area contributed by atoms with E-state index in [-0.39, 0.29) is 6.04 Å². The van der Waals surface area contributed by atoms with Crippen molar-refractivity contribution in [3.8, 4) is 0 Å². The molecule has 0 amide bonds. The molecule has 0 aliphatic carbocycles. The van der Waals surface area contributed by atoms with Crippen LogP contribution in [0.1, 0.15) is 37.3 Å². The van der Waals surface area contributed by atoms with Gasteiger partial charge in [0.1, 0.15) is 0 Å². The number of nitrogens with zero attached hydrogens (tertiary/aromatic N) is 1. The molecule has 2 aromatic rings. The molecule has 1 atom stereocenters. The second-order valence-electron chi connectivity index (χ2n) is 7.08. The van der Waals surface area contributed by atoms with Gasteiger partial charge in [-0.1, -0.05) is 55.8 Å². The van der Waals surface area contributed by atoms with Crippen molar-refractivity contribution in [1.29, 1.82) is 0 Å². The summed E-state index contributed by atoms with van der Waals surface area (Å²) in [5.41, 5.74) is 2.46. The number of aryl methyl sites for hydroxylation is 1. The molecule has 4 nitrogen and oxygen atoms in total. The summed E-state index contributed by atoms with van der Waals surface area (Å²) < 4.78 is 28.2. The quantitative estimate of drug-likeness (QED) is 0.770. The van der Waals surface area contributed by atoms with E-state index in [9.17, 15) is 8.42 Å².